The maximum Gasteiger partial charge on any atom is 0.0783 e. The first-order valence-corrected chi connectivity index (χ1v) is 7.40. The van der Waals surface area contributed by atoms with E-state index in [-0.39, 0.29) is 5.41 Å². The molecule has 0 aromatic heterocycles. The van der Waals surface area contributed by atoms with Gasteiger partial charge in [0.25, 0.3) is 0 Å². The highest BCUT2D eigenvalue weighted by molar-refractivity contribution is 7.99. The lowest BCUT2D eigenvalue weighted by Gasteiger charge is -2.41. The highest BCUT2D eigenvalue weighted by Crippen LogP contribution is 2.40. The summed E-state index contributed by atoms with van der Waals surface area (Å²) in [6, 6.07) is 8.38. The van der Waals surface area contributed by atoms with E-state index in [0.717, 1.165) is 24.3 Å². The number of thioether (sulfide) groups is 1. The molecule has 1 saturated heterocycles. The quantitative estimate of drug-likeness (QED) is 0.868. The van der Waals surface area contributed by atoms with E-state index in [1.54, 1.807) is 0 Å². The van der Waals surface area contributed by atoms with Crippen LogP contribution in [0.25, 0.3) is 0 Å². The molecule has 1 nitrogen and oxygen atoms in total. The molecule has 0 bridgehead atoms. The summed E-state index contributed by atoms with van der Waals surface area (Å²) >= 11 is 1.88. The maximum atomic E-state index is 10.8. The third-order valence-electron chi connectivity index (χ3n) is 3.45. The van der Waals surface area contributed by atoms with Crippen molar-refractivity contribution in [2.45, 2.75) is 39.2 Å². The Morgan fingerprint density at radius 3 is 2.59 bits per heavy atom. The molecule has 1 aromatic carbocycles. The Balaban J connectivity index is 2.15. The van der Waals surface area contributed by atoms with E-state index in [0.29, 0.717) is 0 Å². The molecule has 1 fully saturated rings. The van der Waals surface area contributed by atoms with Crippen LogP contribution >= 0.6 is 11.8 Å². The molecule has 0 radical (unpaired) electrons. The first-order valence-electron chi connectivity index (χ1n) is 6.25. The van der Waals surface area contributed by atoms with E-state index in [1.807, 2.05) is 11.8 Å². The molecule has 2 rings (SSSR count). The zero-order valence-corrected chi connectivity index (χ0v) is 11.8. The lowest BCUT2D eigenvalue weighted by atomic mass is 9.78. The SMILES string of the molecule is Cc1ccccc1CC1(O)CSCC(C)(C)C1. The lowest BCUT2D eigenvalue weighted by molar-refractivity contribution is 0.0199. The van der Waals surface area contributed by atoms with Gasteiger partial charge in [0, 0.05) is 12.2 Å². The minimum Gasteiger partial charge on any atom is -0.389 e. The van der Waals surface area contributed by atoms with Crippen LogP contribution in [0.5, 0.6) is 0 Å². The van der Waals surface area contributed by atoms with Crippen LogP contribution in [-0.4, -0.2) is 22.2 Å². The average molecular weight is 250 g/mol. The average Bonchev–Trinajstić information content (AvgIpc) is 2.19. The Labute approximate surface area is 109 Å². The van der Waals surface area contributed by atoms with Gasteiger partial charge in [0.05, 0.1) is 5.60 Å². The van der Waals surface area contributed by atoms with E-state index in [1.165, 1.54) is 11.1 Å². The Morgan fingerprint density at radius 1 is 1.24 bits per heavy atom. The summed E-state index contributed by atoms with van der Waals surface area (Å²) in [6.07, 6.45) is 1.69. The second-order valence-corrected chi connectivity index (χ2v) is 7.15. The molecule has 0 aliphatic carbocycles. The first-order chi connectivity index (χ1) is 7.90. The van der Waals surface area contributed by atoms with Crippen LogP contribution in [0.4, 0.5) is 0 Å². The Hall–Kier alpha value is -0.470. The van der Waals surface area contributed by atoms with Crippen LogP contribution < -0.4 is 0 Å². The lowest BCUT2D eigenvalue weighted by Crippen LogP contribution is -2.44. The summed E-state index contributed by atoms with van der Waals surface area (Å²) in [7, 11) is 0. The van der Waals surface area contributed by atoms with Crippen molar-refractivity contribution in [3.63, 3.8) is 0 Å². The molecule has 2 heteroatoms. The molecule has 1 aliphatic rings. The number of aryl methyl sites for hydroxylation is 1. The van der Waals surface area contributed by atoms with Crippen molar-refractivity contribution in [3.8, 4) is 0 Å². The fraction of sp³-hybridized carbons (Fsp3) is 0.600. The van der Waals surface area contributed by atoms with Crippen LogP contribution in [0.2, 0.25) is 0 Å². The molecule has 17 heavy (non-hydrogen) atoms. The van der Waals surface area contributed by atoms with Crippen molar-refractivity contribution < 1.29 is 5.11 Å². The van der Waals surface area contributed by atoms with Crippen LogP contribution in [0.3, 0.4) is 0 Å². The first kappa shape index (κ1) is 13.0. The van der Waals surface area contributed by atoms with Crippen molar-refractivity contribution in [1.82, 2.24) is 0 Å². The predicted octanol–water partition coefficient (Wildman–Crippen LogP) is 3.43. The van der Waals surface area contributed by atoms with Gasteiger partial charge in [0.2, 0.25) is 0 Å². The number of benzene rings is 1. The van der Waals surface area contributed by atoms with E-state index in [9.17, 15) is 5.11 Å². The standard InChI is InChI=1S/C15H22OS/c1-12-6-4-5-7-13(12)8-15(16)9-14(2,3)10-17-11-15/h4-7,16H,8-11H2,1-3H3. The van der Waals surface area contributed by atoms with Crippen LogP contribution in [0.15, 0.2) is 24.3 Å². The van der Waals surface area contributed by atoms with Crippen molar-refractivity contribution in [2.75, 3.05) is 11.5 Å². The van der Waals surface area contributed by atoms with Gasteiger partial charge in [-0.05, 0) is 35.6 Å². The van der Waals surface area contributed by atoms with Gasteiger partial charge in [-0.1, -0.05) is 38.1 Å². The molecule has 1 N–H and O–H groups in total. The van der Waals surface area contributed by atoms with Crippen molar-refractivity contribution in [3.05, 3.63) is 35.4 Å². The van der Waals surface area contributed by atoms with Gasteiger partial charge in [-0.3, -0.25) is 0 Å². The van der Waals surface area contributed by atoms with Crippen LogP contribution in [0.1, 0.15) is 31.4 Å². The highest BCUT2D eigenvalue weighted by Gasteiger charge is 2.39. The molecule has 0 spiro atoms. The molecule has 0 saturated carbocycles. The normalized spacial score (nSPS) is 28.0. The Kier molecular flexibility index (Phi) is 3.55. The largest absolute Gasteiger partial charge is 0.389 e. The molecular formula is C15H22OS. The summed E-state index contributed by atoms with van der Waals surface area (Å²) in [5.41, 5.74) is 2.29. The van der Waals surface area contributed by atoms with E-state index >= 15 is 0 Å². The molecular weight excluding hydrogens is 228 g/mol. The van der Waals surface area contributed by atoms with E-state index < -0.39 is 5.60 Å². The van der Waals surface area contributed by atoms with Crippen LogP contribution in [0, 0.1) is 12.3 Å². The third kappa shape index (κ3) is 3.26. The molecule has 1 atom stereocenters. The molecule has 1 aromatic rings. The fourth-order valence-electron chi connectivity index (χ4n) is 2.79. The topological polar surface area (TPSA) is 20.2 Å². The summed E-state index contributed by atoms with van der Waals surface area (Å²) in [5.74, 6) is 2.02. The molecule has 1 aliphatic heterocycles. The summed E-state index contributed by atoms with van der Waals surface area (Å²) < 4.78 is 0. The van der Waals surface area contributed by atoms with Crippen molar-refractivity contribution in [2.24, 2.45) is 5.41 Å². The molecule has 94 valence electrons. The summed E-state index contributed by atoms with van der Waals surface area (Å²) in [4.78, 5) is 0. The van der Waals surface area contributed by atoms with Crippen molar-refractivity contribution >= 4 is 11.8 Å². The second kappa shape index (κ2) is 4.66. The Morgan fingerprint density at radius 2 is 1.94 bits per heavy atom. The molecule has 1 unspecified atom stereocenters. The van der Waals surface area contributed by atoms with Crippen molar-refractivity contribution in [1.29, 1.82) is 0 Å². The number of hydrogen-bond donors (Lipinski definition) is 1. The van der Waals surface area contributed by atoms with Gasteiger partial charge >= 0.3 is 0 Å². The smallest absolute Gasteiger partial charge is 0.0783 e. The van der Waals surface area contributed by atoms with E-state index in [2.05, 4.69) is 45.0 Å². The molecule has 0 amide bonds. The van der Waals surface area contributed by atoms with Gasteiger partial charge in [-0.15, -0.1) is 0 Å². The fourth-order valence-corrected chi connectivity index (χ4v) is 4.13. The number of aliphatic hydroxyl groups is 1. The van der Waals surface area contributed by atoms with E-state index in [4.69, 9.17) is 0 Å². The summed E-state index contributed by atoms with van der Waals surface area (Å²) in [6.45, 7) is 6.63. The van der Waals surface area contributed by atoms with Gasteiger partial charge in [0.1, 0.15) is 0 Å². The zero-order chi connectivity index (χ0) is 12.5. The third-order valence-corrected chi connectivity index (χ3v) is 5.18. The highest BCUT2D eigenvalue weighted by atomic mass is 32.2. The summed E-state index contributed by atoms with van der Waals surface area (Å²) in [5, 5.41) is 10.8. The van der Waals surface area contributed by atoms with Crippen LogP contribution in [-0.2, 0) is 6.42 Å². The van der Waals surface area contributed by atoms with Gasteiger partial charge < -0.3 is 5.11 Å². The zero-order valence-electron chi connectivity index (χ0n) is 11.0. The minimum absolute atomic E-state index is 0.250. The van der Waals surface area contributed by atoms with Gasteiger partial charge in [-0.2, -0.15) is 11.8 Å². The molecule has 1 heterocycles. The van der Waals surface area contributed by atoms with Gasteiger partial charge in [0.15, 0.2) is 0 Å². The Bertz CT molecular complexity index is 400. The monoisotopic (exact) mass is 250 g/mol. The number of rotatable bonds is 2. The number of hydrogen-bond acceptors (Lipinski definition) is 2. The predicted molar refractivity (Wildman–Crippen MR) is 75.6 cm³/mol. The minimum atomic E-state index is -0.529. The van der Waals surface area contributed by atoms with Gasteiger partial charge in [-0.25, -0.2) is 0 Å². The maximum absolute atomic E-state index is 10.8. The second-order valence-electron chi connectivity index (χ2n) is 6.16.